The molecule has 2 aromatic carbocycles. The number of hydrogen-bond donors (Lipinski definition) is 1. The predicted octanol–water partition coefficient (Wildman–Crippen LogP) is 3.07. The van der Waals surface area contributed by atoms with E-state index in [1.54, 1.807) is 30.3 Å². The van der Waals surface area contributed by atoms with Gasteiger partial charge in [-0.3, -0.25) is 4.79 Å². The Labute approximate surface area is 145 Å². The van der Waals surface area contributed by atoms with E-state index in [0.29, 0.717) is 17.1 Å². The van der Waals surface area contributed by atoms with Gasteiger partial charge in [-0.05, 0) is 41.5 Å². The molecule has 3 rings (SSSR count). The monoisotopic (exact) mass is 343 g/mol. The molecule has 1 N–H and O–H groups in total. The number of halogens is 1. The van der Waals surface area contributed by atoms with Gasteiger partial charge in [0, 0.05) is 19.7 Å². The van der Waals surface area contributed by atoms with E-state index in [1.807, 2.05) is 6.07 Å². The Morgan fingerprint density at radius 1 is 1.28 bits per heavy atom. The molecule has 1 aliphatic rings. The van der Waals surface area contributed by atoms with Crippen LogP contribution < -0.4 is 14.8 Å². The smallest absolute Gasteiger partial charge is 0.244 e. The maximum atomic E-state index is 13.3. The van der Waals surface area contributed by atoms with Crippen LogP contribution in [0.15, 0.2) is 48.5 Å². The normalized spacial score (nSPS) is 13.8. The van der Waals surface area contributed by atoms with E-state index in [-0.39, 0.29) is 25.1 Å². The van der Waals surface area contributed by atoms with Crippen molar-refractivity contribution in [1.29, 1.82) is 0 Å². The Bertz CT molecular complexity index is 791. The highest BCUT2D eigenvalue weighted by molar-refractivity contribution is 5.91. The highest BCUT2D eigenvalue weighted by atomic mass is 19.1. The van der Waals surface area contributed by atoms with E-state index >= 15 is 0 Å². The van der Waals surface area contributed by atoms with Gasteiger partial charge in [-0.2, -0.15) is 0 Å². The van der Waals surface area contributed by atoms with E-state index in [9.17, 15) is 9.18 Å². The van der Waals surface area contributed by atoms with Crippen molar-refractivity contribution >= 4 is 12.0 Å². The quantitative estimate of drug-likeness (QED) is 0.819. The second kappa shape index (κ2) is 7.81. The summed E-state index contributed by atoms with van der Waals surface area (Å²) in [5.74, 6) is 0.748. The second-order valence-corrected chi connectivity index (χ2v) is 5.47. The summed E-state index contributed by atoms with van der Waals surface area (Å²) < 4.78 is 29.1. The summed E-state index contributed by atoms with van der Waals surface area (Å²) in [7, 11) is 1.52. The van der Waals surface area contributed by atoms with Crippen molar-refractivity contribution in [3.8, 4) is 11.5 Å². The number of methoxy groups -OCH3 is 1. The van der Waals surface area contributed by atoms with Crippen LogP contribution in [0.4, 0.5) is 4.39 Å². The number of benzene rings is 2. The van der Waals surface area contributed by atoms with Crippen molar-refractivity contribution in [2.24, 2.45) is 0 Å². The zero-order valence-electron chi connectivity index (χ0n) is 13.7. The molecule has 1 atom stereocenters. The molecule has 0 saturated heterocycles. The molecule has 0 radical (unpaired) electrons. The van der Waals surface area contributed by atoms with Gasteiger partial charge in [0.25, 0.3) is 0 Å². The van der Waals surface area contributed by atoms with Gasteiger partial charge < -0.3 is 19.5 Å². The molecule has 0 aromatic heterocycles. The molecule has 5 nitrogen and oxygen atoms in total. The first kappa shape index (κ1) is 17.0. The van der Waals surface area contributed by atoms with Crippen LogP contribution in [-0.4, -0.2) is 26.4 Å². The number of rotatable bonds is 6. The van der Waals surface area contributed by atoms with Gasteiger partial charge in [-0.15, -0.1) is 0 Å². The van der Waals surface area contributed by atoms with Gasteiger partial charge in [0.2, 0.25) is 12.7 Å². The summed E-state index contributed by atoms with van der Waals surface area (Å²) in [4.78, 5) is 12.0. The number of nitrogens with one attached hydrogen (secondary N) is 1. The van der Waals surface area contributed by atoms with Crippen LogP contribution in [-0.2, 0) is 9.53 Å². The molecule has 0 saturated carbocycles. The maximum absolute atomic E-state index is 13.3. The van der Waals surface area contributed by atoms with E-state index in [0.717, 1.165) is 5.56 Å². The molecule has 0 bridgehead atoms. The molecule has 130 valence electrons. The van der Waals surface area contributed by atoms with Crippen LogP contribution in [0, 0.1) is 5.82 Å². The Hall–Kier alpha value is -2.86. The third kappa shape index (κ3) is 4.36. The number of carbonyl (C=O) groups excluding carboxylic acids is 1. The first-order valence-corrected chi connectivity index (χ1v) is 7.79. The highest BCUT2D eigenvalue weighted by Gasteiger charge is 2.13. The topological polar surface area (TPSA) is 56.8 Å². The summed E-state index contributed by atoms with van der Waals surface area (Å²) in [6.07, 6.45) is 2.69. The largest absolute Gasteiger partial charge is 0.454 e. The summed E-state index contributed by atoms with van der Waals surface area (Å²) in [5, 5.41) is 2.75. The lowest BCUT2D eigenvalue weighted by Crippen LogP contribution is -2.27. The molecule has 2 aromatic rings. The number of hydrogen-bond acceptors (Lipinski definition) is 4. The number of carbonyl (C=O) groups is 1. The highest BCUT2D eigenvalue weighted by Crippen LogP contribution is 2.32. The summed E-state index contributed by atoms with van der Waals surface area (Å²) in [5.41, 5.74) is 1.50. The number of ether oxygens (including phenoxy) is 3. The fraction of sp³-hybridized carbons (Fsp3) is 0.211. The van der Waals surface area contributed by atoms with Crippen molar-refractivity contribution in [2.45, 2.75) is 6.10 Å². The molecule has 1 amide bonds. The first-order chi connectivity index (χ1) is 12.2. The van der Waals surface area contributed by atoms with Gasteiger partial charge in [-0.1, -0.05) is 18.2 Å². The second-order valence-electron chi connectivity index (χ2n) is 5.47. The Morgan fingerprint density at radius 3 is 2.92 bits per heavy atom. The van der Waals surface area contributed by atoms with Gasteiger partial charge in [0.1, 0.15) is 5.82 Å². The van der Waals surface area contributed by atoms with E-state index < -0.39 is 6.10 Å². The first-order valence-electron chi connectivity index (χ1n) is 7.79. The zero-order chi connectivity index (χ0) is 17.6. The van der Waals surface area contributed by atoms with Gasteiger partial charge in [-0.25, -0.2) is 4.39 Å². The summed E-state index contributed by atoms with van der Waals surface area (Å²) >= 11 is 0. The summed E-state index contributed by atoms with van der Waals surface area (Å²) in [6.45, 7) is 0.450. The maximum Gasteiger partial charge on any atom is 0.244 e. The van der Waals surface area contributed by atoms with Crippen LogP contribution in [0.25, 0.3) is 6.08 Å². The Balaban J connectivity index is 1.56. The minimum atomic E-state index is -0.418. The molecule has 6 heteroatoms. The van der Waals surface area contributed by atoms with E-state index in [4.69, 9.17) is 14.2 Å². The average Bonchev–Trinajstić information content (AvgIpc) is 3.08. The van der Waals surface area contributed by atoms with E-state index in [2.05, 4.69) is 5.32 Å². The fourth-order valence-electron chi connectivity index (χ4n) is 2.49. The molecule has 0 unspecified atom stereocenters. The lowest BCUT2D eigenvalue weighted by Gasteiger charge is -2.16. The van der Waals surface area contributed by atoms with Gasteiger partial charge >= 0.3 is 0 Å². The third-order valence-electron chi connectivity index (χ3n) is 3.79. The van der Waals surface area contributed by atoms with Crippen LogP contribution in [0.3, 0.4) is 0 Å². The van der Waals surface area contributed by atoms with Crippen molar-refractivity contribution in [3.63, 3.8) is 0 Å². The minimum absolute atomic E-state index is 0.210. The molecule has 0 fully saturated rings. The van der Waals surface area contributed by atoms with Crippen molar-refractivity contribution in [3.05, 3.63) is 65.5 Å². The average molecular weight is 343 g/mol. The van der Waals surface area contributed by atoms with Crippen molar-refractivity contribution in [2.75, 3.05) is 20.4 Å². The molecule has 0 spiro atoms. The number of amides is 1. The molecule has 1 heterocycles. The molecule has 1 aliphatic heterocycles. The lowest BCUT2D eigenvalue weighted by molar-refractivity contribution is -0.117. The Morgan fingerprint density at radius 2 is 2.12 bits per heavy atom. The van der Waals surface area contributed by atoms with Crippen molar-refractivity contribution < 1.29 is 23.4 Å². The molecule has 25 heavy (non-hydrogen) atoms. The lowest BCUT2D eigenvalue weighted by atomic mass is 10.1. The van der Waals surface area contributed by atoms with Crippen LogP contribution in [0.1, 0.15) is 17.2 Å². The third-order valence-corrected chi connectivity index (χ3v) is 3.79. The Kier molecular flexibility index (Phi) is 5.30. The minimum Gasteiger partial charge on any atom is -0.454 e. The number of fused-ring (bicyclic) bond motifs is 1. The fourth-order valence-corrected chi connectivity index (χ4v) is 2.49. The SMILES string of the molecule is CO[C@H](CNC(=O)/C=C/c1ccc2c(c1)OCO2)c1cccc(F)c1. The molecular weight excluding hydrogens is 325 g/mol. The molecular formula is C19H18FNO4. The van der Waals surface area contributed by atoms with Gasteiger partial charge in [0.15, 0.2) is 11.5 Å². The zero-order valence-corrected chi connectivity index (χ0v) is 13.7. The van der Waals surface area contributed by atoms with E-state index in [1.165, 1.54) is 25.3 Å². The van der Waals surface area contributed by atoms with Crippen LogP contribution in [0.2, 0.25) is 0 Å². The van der Waals surface area contributed by atoms with Crippen LogP contribution >= 0.6 is 0 Å². The van der Waals surface area contributed by atoms with Crippen molar-refractivity contribution in [1.82, 2.24) is 5.32 Å². The predicted molar refractivity (Wildman–Crippen MR) is 90.8 cm³/mol. The molecule has 0 aliphatic carbocycles. The van der Waals surface area contributed by atoms with Crippen LogP contribution in [0.5, 0.6) is 11.5 Å². The standard InChI is InChI=1S/C19H18FNO4/c1-23-18(14-3-2-4-15(20)10-14)11-21-19(22)8-6-13-5-7-16-17(9-13)25-12-24-16/h2-10,18H,11-12H2,1H3,(H,21,22)/b8-6+/t18-/m1/s1. The van der Waals surface area contributed by atoms with Gasteiger partial charge in [0.05, 0.1) is 6.10 Å². The summed E-state index contributed by atoms with van der Waals surface area (Å²) in [6, 6.07) is 11.6.